The molecule has 0 aliphatic heterocycles. The van der Waals surface area contributed by atoms with Crippen LogP contribution < -0.4 is 10.1 Å². The third kappa shape index (κ3) is 6.57. The standard InChI is InChI=1S/C22H21ClN2O4S/c1-14-3-6-17(7-4-14)24-20(26)10-21-25-18(13-30-21)11-29-22(27)12-28-19-8-5-16(23)9-15(19)2/h3-9,13H,10-12H2,1-2H3,(H,24,26). The highest BCUT2D eigenvalue weighted by Gasteiger charge is 2.11. The predicted molar refractivity (Wildman–Crippen MR) is 117 cm³/mol. The maximum atomic E-state index is 12.2. The third-order valence-corrected chi connectivity index (χ3v) is 5.24. The van der Waals surface area contributed by atoms with Crippen LogP contribution in [0.5, 0.6) is 5.75 Å². The first-order valence-electron chi connectivity index (χ1n) is 9.23. The number of ether oxygens (including phenoxy) is 2. The second-order valence-electron chi connectivity index (χ2n) is 6.68. The van der Waals surface area contributed by atoms with Gasteiger partial charge in [-0.1, -0.05) is 29.3 Å². The molecule has 0 bridgehead atoms. The van der Waals surface area contributed by atoms with Crippen LogP contribution in [0.25, 0.3) is 0 Å². The highest BCUT2D eigenvalue weighted by atomic mass is 35.5. The first-order chi connectivity index (χ1) is 14.4. The zero-order valence-electron chi connectivity index (χ0n) is 16.6. The highest BCUT2D eigenvalue weighted by Crippen LogP contribution is 2.21. The summed E-state index contributed by atoms with van der Waals surface area (Å²) in [6.45, 7) is 3.65. The van der Waals surface area contributed by atoms with Crippen molar-refractivity contribution in [2.75, 3.05) is 11.9 Å². The summed E-state index contributed by atoms with van der Waals surface area (Å²) in [5.74, 6) is -0.0774. The largest absolute Gasteiger partial charge is 0.482 e. The number of halogens is 1. The van der Waals surface area contributed by atoms with E-state index in [1.54, 1.807) is 23.6 Å². The molecule has 0 saturated carbocycles. The number of carbonyl (C=O) groups excluding carboxylic acids is 2. The van der Waals surface area contributed by atoms with Crippen LogP contribution in [0.1, 0.15) is 21.8 Å². The summed E-state index contributed by atoms with van der Waals surface area (Å²) in [6, 6.07) is 12.7. The Hall–Kier alpha value is -2.90. The highest BCUT2D eigenvalue weighted by molar-refractivity contribution is 7.09. The molecule has 1 heterocycles. The molecule has 156 valence electrons. The first kappa shape index (κ1) is 21.8. The quantitative estimate of drug-likeness (QED) is 0.509. The van der Waals surface area contributed by atoms with Crippen molar-refractivity contribution >= 4 is 40.5 Å². The van der Waals surface area contributed by atoms with Gasteiger partial charge in [0.25, 0.3) is 0 Å². The van der Waals surface area contributed by atoms with Crippen molar-refractivity contribution in [1.82, 2.24) is 4.98 Å². The van der Waals surface area contributed by atoms with Crippen molar-refractivity contribution in [3.05, 3.63) is 74.7 Å². The van der Waals surface area contributed by atoms with Gasteiger partial charge in [-0.15, -0.1) is 11.3 Å². The number of amides is 1. The number of carbonyl (C=O) groups is 2. The summed E-state index contributed by atoms with van der Waals surface area (Å²) >= 11 is 7.25. The van der Waals surface area contributed by atoms with E-state index in [9.17, 15) is 9.59 Å². The van der Waals surface area contributed by atoms with Gasteiger partial charge in [-0.3, -0.25) is 4.79 Å². The van der Waals surface area contributed by atoms with E-state index in [-0.39, 0.29) is 25.5 Å². The minimum absolute atomic E-state index is 0.0257. The van der Waals surface area contributed by atoms with Crippen LogP contribution in [-0.4, -0.2) is 23.5 Å². The minimum atomic E-state index is -0.504. The Morgan fingerprint density at radius 2 is 1.90 bits per heavy atom. The number of hydrogen-bond donors (Lipinski definition) is 1. The summed E-state index contributed by atoms with van der Waals surface area (Å²) in [7, 11) is 0. The Bertz CT molecular complexity index is 1030. The van der Waals surface area contributed by atoms with Gasteiger partial charge in [0.2, 0.25) is 5.91 Å². The van der Waals surface area contributed by atoms with Crippen LogP contribution in [0.4, 0.5) is 5.69 Å². The Labute approximate surface area is 183 Å². The molecule has 1 amide bonds. The fourth-order valence-corrected chi connectivity index (χ4v) is 3.59. The Balaban J connectivity index is 1.42. The summed E-state index contributed by atoms with van der Waals surface area (Å²) in [6.07, 6.45) is 0.158. The SMILES string of the molecule is Cc1ccc(NC(=O)Cc2nc(COC(=O)COc3ccc(Cl)cc3C)cs2)cc1. The Morgan fingerprint density at radius 1 is 1.13 bits per heavy atom. The number of nitrogens with one attached hydrogen (secondary N) is 1. The summed E-state index contributed by atoms with van der Waals surface area (Å²) < 4.78 is 10.7. The van der Waals surface area contributed by atoms with Gasteiger partial charge in [0.05, 0.1) is 12.1 Å². The van der Waals surface area contributed by atoms with Gasteiger partial charge in [-0.25, -0.2) is 9.78 Å². The number of esters is 1. The molecular weight excluding hydrogens is 424 g/mol. The van der Waals surface area contributed by atoms with Gasteiger partial charge < -0.3 is 14.8 Å². The van der Waals surface area contributed by atoms with E-state index in [4.69, 9.17) is 21.1 Å². The van der Waals surface area contributed by atoms with E-state index in [1.165, 1.54) is 11.3 Å². The van der Waals surface area contributed by atoms with Gasteiger partial charge in [0.1, 0.15) is 17.4 Å². The predicted octanol–water partition coefficient (Wildman–Crippen LogP) is 4.72. The zero-order valence-corrected chi connectivity index (χ0v) is 18.2. The van der Waals surface area contributed by atoms with Crippen LogP contribution >= 0.6 is 22.9 Å². The van der Waals surface area contributed by atoms with E-state index in [0.717, 1.165) is 16.8 Å². The Kier molecular flexibility index (Phi) is 7.43. The lowest BCUT2D eigenvalue weighted by atomic mass is 10.2. The van der Waals surface area contributed by atoms with Crippen LogP contribution in [0.2, 0.25) is 5.02 Å². The molecule has 1 aromatic heterocycles. The molecule has 0 unspecified atom stereocenters. The second-order valence-corrected chi connectivity index (χ2v) is 8.06. The van der Waals surface area contributed by atoms with Crippen molar-refractivity contribution in [1.29, 1.82) is 0 Å². The number of benzene rings is 2. The normalized spacial score (nSPS) is 10.5. The molecule has 2 aromatic carbocycles. The van der Waals surface area contributed by atoms with E-state index < -0.39 is 5.97 Å². The molecule has 0 saturated heterocycles. The lowest BCUT2D eigenvalue weighted by molar-refractivity contribution is -0.147. The number of thiazole rings is 1. The lowest BCUT2D eigenvalue weighted by Crippen LogP contribution is -2.15. The minimum Gasteiger partial charge on any atom is -0.482 e. The number of hydrogen-bond acceptors (Lipinski definition) is 6. The Morgan fingerprint density at radius 3 is 2.63 bits per heavy atom. The number of anilines is 1. The fourth-order valence-electron chi connectivity index (χ4n) is 2.58. The van der Waals surface area contributed by atoms with Crippen molar-refractivity contribution in [3.8, 4) is 5.75 Å². The molecule has 8 heteroatoms. The van der Waals surface area contributed by atoms with E-state index in [1.807, 2.05) is 38.1 Å². The van der Waals surface area contributed by atoms with Crippen molar-refractivity contribution in [3.63, 3.8) is 0 Å². The maximum absolute atomic E-state index is 12.2. The van der Waals surface area contributed by atoms with Crippen LogP contribution in [0.3, 0.4) is 0 Å². The molecule has 0 aliphatic rings. The van der Waals surface area contributed by atoms with Gasteiger partial charge in [-0.2, -0.15) is 0 Å². The third-order valence-electron chi connectivity index (χ3n) is 4.11. The van der Waals surface area contributed by atoms with Crippen LogP contribution in [0.15, 0.2) is 47.8 Å². The van der Waals surface area contributed by atoms with Gasteiger partial charge in [0, 0.05) is 16.1 Å². The summed E-state index contributed by atoms with van der Waals surface area (Å²) in [4.78, 5) is 28.4. The number of aryl methyl sites for hydroxylation is 2. The topological polar surface area (TPSA) is 77.5 Å². The smallest absolute Gasteiger partial charge is 0.344 e. The average molecular weight is 445 g/mol. The number of nitrogens with zero attached hydrogens (tertiary/aromatic N) is 1. The monoisotopic (exact) mass is 444 g/mol. The first-order valence-corrected chi connectivity index (χ1v) is 10.5. The summed E-state index contributed by atoms with van der Waals surface area (Å²) in [5, 5.41) is 5.86. The number of rotatable bonds is 8. The molecule has 3 rings (SSSR count). The van der Waals surface area contributed by atoms with E-state index in [2.05, 4.69) is 10.3 Å². The molecule has 30 heavy (non-hydrogen) atoms. The van der Waals surface area contributed by atoms with Crippen LogP contribution in [0, 0.1) is 13.8 Å². The van der Waals surface area contributed by atoms with Crippen molar-refractivity contribution in [2.45, 2.75) is 26.9 Å². The molecule has 3 aromatic rings. The second kappa shape index (κ2) is 10.2. The molecule has 0 radical (unpaired) electrons. The fraction of sp³-hybridized carbons (Fsp3) is 0.227. The zero-order chi connectivity index (χ0) is 21.5. The molecular formula is C22H21ClN2O4S. The van der Waals surface area contributed by atoms with E-state index in [0.29, 0.717) is 21.5 Å². The molecule has 6 nitrogen and oxygen atoms in total. The van der Waals surface area contributed by atoms with Gasteiger partial charge >= 0.3 is 5.97 Å². The summed E-state index contributed by atoms with van der Waals surface area (Å²) in [5.41, 5.74) is 3.30. The maximum Gasteiger partial charge on any atom is 0.344 e. The van der Waals surface area contributed by atoms with Crippen molar-refractivity contribution in [2.24, 2.45) is 0 Å². The van der Waals surface area contributed by atoms with Gasteiger partial charge in [0.15, 0.2) is 6.61 Å². The molecule has 0 spiro atoms. The molecule has 1 N–H and O–H groups in total. The molecule has 0 atom stereocenters. The molecule has 0 fully saturated rings. The van der Waals surface area contributed by atoms with Gasteiger partial charge in [-0.05, 0) is 49.7 Å². The average Bonchev–Trinajstić information content (AvgIpc) is 3.14. The molecule has 0 aliphatic carbocycles. The lowest BCUT2D eigenvalue weighted by Gasteiger charge is -2.09. The van der Waals surface area contributed by atoms with E-state index >= 15 is 0 Å². The van der Waals surface area contributed by atoms with Crippen molar-refractivity contribution < 1.29 is 19.1 Å². The number of aromatic nitrogens is 1. The van der Waals surface area contributed by atoms with Crippen LogP contribution in [-0.2, 0) is 27.4 Å².